The van der Waals surface area contributed by atoms with Gasteiger partial charge in [-0.3, -0.25) is 4.79 Å². The lowest BCUT2D eigenvalue weighted by Crippen LogP contribution is -2.12. The van der Waals surface area contributed by atoms with Crippen molar-refractivity contribution in [1.82, 2.24) is 4.57 Å². The van der Waals surface area contributed by atoms with E-state index in [0.717, 1.165) is 0 Å². The first kappa shape index (κ1) is 8.80. The van der Waals surface area contributed by atoms with E-state index >= 15 is 0 Å². The molecule has 0 fully saturated rings. The molecule has 0 amide bonds. The van der Waals surface area contributed by atoms with E-state index < -0.39 is 11.7 Å². The number of aromatic nitrogens is 1. The molecule has 4 nitrogen and oxygen atoms in total. The van der Waals surface area contributed by atoms with Crippen LogP contribution in [0.3, 0.4) is 0 Å². The normalized spacial score (nSPS) is 12.9. The molecule has 1 aromatic heterocycles. The molecule has 0 aliphatic heterocycles. The Hall–Kier alpha value is -1.29. The zero-order valence-electron chi connectivity index (χ0n) is 6.98. The van der Waals surface area contributed by atoms with E-state index in [1.807, 2.05) is 0 Å². The zero-order valence-corrected chi connectivity index (χ0v) is 6.98. The Balaban J connectivity index is 3.36. The van der Waals surface area contributed by atoms with Crippen molar-refractivity contribution in [3.8, 4) is 5.75 Å². The Morgan fingerprint density at radius 3 is 2.67 bits per heavy atom. The van der Waals surface area contributed by atoms with Gasteiger partial charge >= 0.3 is 0 Å². The fourth-order valence-electron chi connectivity index (χ4n) is 1.04. The minimum atomic E-state index is -0.739. The summed E-state index contributed by atoms with van der Waals surface area (Å²) in [4.78, 5) is 10.9. The summed E-state index contributed by atoms with van der Waals surface area (Å²) in [6.45, 7) is 3.13. The molecule has 0 saturated heterocycles. The molecular weight excluding hydrogens is 158 g/mol. The maximum absolute atomic E-state index is 10.9. The number of pyridine rings is 1. The van der Waals surface area contributed by atoms with Crippen LogP contribution in [0.15, 0.2) is 17.1 Å². The van der Waals surface area contributed by atoms with Gasteiger partial charge in [-0.05, 0) is 13.8 Å². The third-order valence-electron chi connectivity index (χ3n) is 1.75. The van der Waals surface area contributed by atoms with Gasteiger partial charge in [-0.15, -0.1) is 0 Å². The standard InChI is InChI=1S/C8H11NO3/c1-5-8(12)7(11)3-4-9(5)6(2)10/h3-4,6,10,12H,1-2H3. The number of rotatable bonds is 1. The Bertz CT molecular complexity index is 341. The molecule has 1 rings (SSSR count). The number of nitrogens with zero attached hydrogens (tertiary/aromatic N) is 1. The van der Waals surface area contributed by atoms with Gasteiger partial charge in [0.1, 0.15) is 6.23 Å². The second-order valence-electron chi connectivity index (χ2n) is 2.65. The van der Waals surface area contributed by atoms with E-state index in [-0.39, 0.29) is 5.75 Å². The van der Waals surface area contributed by atoms with Gasteiger partial charge in [0.25, 0.3) is 0 Å². The van der Waals surface area contributed by atoms with Crippen molar-refractivity contribution in [2.75, 3.05) is 0 Å². The Morgan fingerprint density at radius 1 is 1.58 bits per heavy atom. The quantitative estimate of drug-likeness (QED) is 0.638. The SMILES string of the molecule is Cc1c(O)c(=O)ccn1C(C)O. The number of hydrogen-bond acceptors (Lipinski definition) is 3. The van der Waals surface area contributed by atoms with E-state index in [2.05, 4.69) is 0 Å². The van der Waals surface area contributed by atoms with Gasteiger partial charge in [-0.2, -0.15) is 0 Å². The summed E-state index contributed by atoms with van der Waals surface area (Å²) < 4.78 is 1.41. The molecule has 1 heterocycles. The summed E-state index contributed by atoms with van der Waals surface area (Å²) in [5.74, 6) is -0.307. The highest BCUT2D eigenvalue weighted by Crippen LogP contribution is 2.12. The van der Waals surface area contributed by atoms with Crippen molar-refractivity contribution in [1.29, 1.82) is 0 Å². The second-order valence-corrected chi connectivity index (χ2v) is 2.65. The summed E-state index contributed by atoms with van der Waals surface area (Å²) in [6.07, 6.45) is 0.707. The molecule has 1 aromatic rings. The fraction of sp³-hybridized carbons (Fsp3) is 0.375. The van der Waals surface area contributed by atoms with Gasteiger partial charge in [0, 0.05) is 12.3 Å². The third-order valence-corrected chi connectivity index (χ3v) is 1.75. The maximum Gasteiger partial charge on any atom is 0.223 e. The fourth-order valence-corrected chi connectivity index (χ4v) is 1.04. The summed E-state index contributed by atoms with van der Waals surface area (Å²) in [7, 11) is 0. The Kier molecular flexibility index (Phi) is 2.19. The first-order valence-corrected chi connectivity index (χ1v) is 3.63. The molecule has 12 heavy (non-hydrogen) atoms. The van der Waals surface area contributed by atoms with E-state index in [1.165, 1.54) is 16.8 Å². The monoisotopic (exact) mass is 169 g/mol. The van der Waals surface area contributed by atoms with Crippen LogP contribution < -0.4 is 5.43 Å². The van der Waals surface area contributed by atoms with Crippen LogP contribution >= 0.6 is 0 Å². The third kappa shape index (κ3) is 1.33. The predicted molar refractivity (Wildman–Crippen MR) is 44.0 cm³/mol. The molecule has 0 aliphatic rings. The van der Waals surface area contributed by atoms with Crippen LogP contribution in [0, 0.1) is 6.92 Å². The lowest BCUT2D eigenvalue weighted by molar-refractivity contribution is 0.120. The van der Waals surface area contributed by atoms with Crippen molar-refractivity contribution < 1.29 is 10.2 Å². The van der Waals surface area contributed by atoms with Crippen LogP contribution in [0.5, 0.6) is 5.75 Å². The highest BCUT2D eigenvalue weighted by atomic mass is 16.3. The first-order chi connectivity index (χ1) is 5.54. The molecular formula is C8H11NO3. The van der Waals surface area contributed by atoms with Crippen molar-refractivity contribution in [2.45, 2.75) is 20.1 Å². The lowest BCUT2D eigenvalue weighted by atomic mass is 10.3. The molecule has 1 unspecified atom stereocenters. The predicted octanol–water partition coefficient (Wildman–Crippen LogP) is 0.373. The topological polar surface area (TPSA) is 62.5 Å². The molecule has 0 aromatic carbocycles. The minimum Gasteiger partial charge on any atom is -0.503 e. The van der Waals surface area contributed by atoms with Crippen LogP contribution in [0.1, 0.15) is 18.8 Å². The molecule has 0 spiro atoms. The number of hydrogen-bond donors (Lipinski definition) is 2. The van der Waals surface area contributed by atoms with Crippen LogP contribution in [-0.2, 0) is 0 Å². The van der Waals surface area contributed by atoms with E-state index in [4.69, 9.17) is 5.11 Å². The molecule has 0 radical (unpaired) electrons. The van der Waals surface area contributed by atoms with Gasteiger partial charge in [0.2, 0.25) is 5.43 Å². The van der Waals surface area contributed by atoms with E-state index in [9.17, 15) is 9.90 Å². The van der Waals surface area contributed by atoms with Crippen molar-refractivity contribution in [2.24, 2.45) is 0 Å². The number of aliphatic hydroxyl groups is 1. The van der Waals surface area contributed by atoms with Crippen LogP contribution in [0.25, 0.3) is 0 Å². The van der Waals surface area contributed by atoms with E-state index in [0.29, 0.717) is 5.69 Å². The molecule has 1 atom stereocenters. The van der Waals surface area contributed by atoms with E-state index in [1.54, 1.807) is 13.8 Å². The summed E-state index contributed by atoms with van der Waals surface area (Å²) in [5, 5.41) is 18.4. The van der Waals surface area contributed by atoms with Crippen LogP contribution in [-0.4, -0.2) is 14.8 Å². The summed E-state index contributed by atoms with van der Waals surface area (Å²) in [6, 6.07) is 1.22. The highest BCUT2D eigenvalue weighted by Gasteiger charge is 2.07. The molecule has 0 saturated carbocycles. The smallest absolute Gasteiger partial charge is 0.223 e. The minimum absolute atomic E-state index is 0.307. The van der Waals surface area contributed by atoms with Crippen LogP contribution in [0.2, 0.25) is 0 Å². The summed E-state index contributed by atoms with van der Waals surface area (Å²) in [5.41, 5.74) is -0.0538. The van der Waals surface area contributed by atoms with Crippen LogP contribution in [0.4, 0.5) is 0 Å². The number of aromatic hydroxyl groups is 1. The average molecular weight is 169 g/mol. The Labute approximate surface area is 69.7 Å². The van der Waals surface area contributed by atoms with Gasteiger partial charge in [-0.1, -0.05) is 0 Å². The molecule has 0 aliphatic carbocycles. The second kappa shape index (κ2) is 2.98. The average Bonchev–Trinajstić information content (AvgIpc) is 2.00. The molecule has 4 heteroatoms. The maximum atomic E-state index is 10.9. The van der Waals surface area contributed by atoms with Crippen molar-refractivity contribution in [3.05, 3.63) is 28.2 Å². The molecule has 2 N–H and O–H groups in total. The lowest BCUT2D eigenvalue weighted by Gasteiger charge is -2.13. The largest absolute Gasteiger partial charge is 0.503 e. The zero-order chi connectivity index (χ0) is 9.30. The molecule has 0 bridgehead atoms. The first-order valence-electron chi connectivity index (χ1n) is 3.63. The van der Waals surface area contributed by atoms with Gasteiger partial charge in [-0.25, -0.2) is 0 Å². The van der Waals surface area contributed by atoms with Crippen molar-refractivity contribution in [3.63, 3.8) is 0 Å². The van der Waals surface area contributed by atoms with Gasteiger partial charge in [0.05, 0.1) is 5.69 Å². The molecule has 66 valence electrons. The summed E-state index contributed by atoms with van der Waals surface area (Å²) >= 11 is 0. The Morgan fingerprint density at radius 2 is 2.17 bits per heavy atom. The highest BCUT2D eigenvalue weighted by molar-refractivity contribution is 5.25. The number of aliphatic hydroxyl groups excluding tert-OH is 1. The van der Waals surface area contributed by atoms with Gasteiger partial charge in [0.15, 0.2) is 5.75 Å². The van der Waals surface area contributed by atoms with Gasteiger partial charge < -0.3 is 14.8 Å². The van der Waals surface area contributed by atoms with Crippen molar-refractivity contribution >= 4 is 0 Å².